The highest BCUT2D eigenvalue weighted by molar-refractivity contribution is 5.71. The fourth-order valence-corrected chi connectivity index (χ4v) is 6.98. The normalized spacial score (nSPS) is 11.9. The van der Waals surface area contributed by atoms with Crippen molar-refractivity contribution in [3.05, 3.63) is 0 Å². The summed E-state index contributed by atoms with van der Waals surface area (Å²) in [5, 5.41) is 0. The van der Waals surface area contributed by atoms with Gasteiger partial charge in [-0.25, -0.2) is 0 Å². The third-order valence-electron chi connectivity index (χ3n) is 10.5. The fourth-order valence-electron chi connectivity index (χ4n) is 6.98. The van der Waals surface area contributed by atoms with Crippen molar-refractivity contribution in [2.24, 2.45) is 5.92 Å². The summed E-state index contributed by atoms with van der Waals surface area (Å²) >= 11 is 0. The Morgan fingerprint density at radius 3 is 0.925 bits per heavy atom. The molecule has 0 aliphatic carbocycles. The summed E-state index contributed by atoms with van der Waals surface area (Å²) in [5.41, 5.74) is 0. The van der Waals surface area contributed by atoms with E-state index in [0.717, 1.165) is 63.7 Å². The molecule has 0 aliphatic heterocycles. The van der Waals surface area contributed by atoms with Gasteiger partial charge in [-0.2, -0.15) is 0 Å². The Morgan fingerprint density at radius 2 is 0.623 bits per heavy atom. The third kappa shape index (κ3) is 41.4. The summed E-state index contributed by atoms with van der Waals surface area (Å²) in [6.07, 6.45) is 40.8. The minimum Gasteiger partial charge on any atom is -0.462 e. The molecule has 0 rings (SSSR count). The highest BCUT2D eigenvalue weighted by Crippen LogP contribution is 2.16. The maximum atomic E-state index is 12.7. The summed E-state index contributed by atoms with van der Waals surface area (Å²) in [6.45, 7) is 8.98. The number of carbonyl (C=O) groups excluding carboxylic acids is 3. The van der Waals surface area contributed by atoms with E-state index >= 15 is 0 Å². The van der Waals surface area contributed by atoms with E-state index in [4.69, 9.17) is 14.2 Å². The topological polar surface area (TPSA) is 78.9 Å². The second-order valence-electron chi connectivity index (χ2n) is 16.5. The van der Waals surface area contributed by atoms with Crippen molar-refractivity contribution in [2.75, 3.05) is 13.2 Å². The zero-order chi connectivity index (χ0) is 38.9. The van der Waals surface area contributed by atoms with Crippen LogP contribution in [-0.4, -0.2) is 37.2 Å². The fraction of sp³-hybridized carbons (Fsp3) is 0.936. The molecular weight excluding hydrogens is 661 g/mol. The zero-order valence-corrected chi connectivity index (χ0v) is 36.0. The summed E-state index contributed by atoms with van der Waals surface area (Å²) in [6, 6.07) is 0. The molecule has 0 aromatic carbocycles. The Morgan fingerprint density at radius 1 is 0.358 bits per heavy atom. The predicted molar refractivity (Wildman–Crippen MR) is 224 cm³/mol. The van der Waals surface area contributed by atoms with Crippen LogP contribution >= 0.6 is 0 Å². The van der Waals surface area contributed by atoms with Crippen LogP contribution in [0, 0.1) is 5.92 Å². The molecule has 0 spiro atoms. The first-order chi connectivity index (χ1) is 25.9. The van der Waals surface area contributed by atoms with E-state index in [9.17, 15) is 14.4 Å². The first-order valence-corrected chi connectivity index (χ1v) is 23.4. The molecule has 0 aromatic rings. The SMILES string of the molecule is CCCCCCCCCCCCCC(=O)OC[C@H](COC(=O)CCCCCCCCCCCCCCC(C)C)OC(=O)CCCCCCCCCCC. The van der Waals surface area contributed by atoms with E-state index in [0.29, 0.717) is 19.3 Å². The van der Waals surface area contributed by atoms with E-state index in [1.807, 2.05) is 0 Å². The van der Waals surface area contributed by atoms with Gasteiger partial charge in [0.05, 0.1) is 0 Å². The van der Waals surface area contributed by atoms with Crippen LogP contribution in [0.3, 0.4) is 0 Å². The van der Waals surface area contributed by atoms with Crippen LogP contribution in [0.5, 0.6) is 0 Å². The maximum absolute atomic E-state index is 12.7. The van der Waals surface area contributed by atoms with E-state index in [1.54, 1.807) is 0 Å². The van der Waals surface area contributed by atoms with Crippen molar-refractivity contribution in [3.63, 3.8) is 0 Å². The van der Waals surface area contributed by atoms with Gasteiger partial charge in [0.15, 0.2) is 6.10 Å². The number of unbranched alkanes of at least 4 members (excludes halogenated alkanes) is 29. The van der Waals surface area contributed by atoms with E-state index < -0.39 is 6.10 Å². The van der Waals surface area contributed by atoms with Crippen molar-refractivity contribution in [3.8, 4) is 0 Å². The molecule has 0 aromatic heterocycles. The summed E-state index contributed by atoms with van der Waals surface area (Å²) in [5.74, 6) is -0.0211. The molecule has 0 N–H and O–H groups in total. The lowest BCUT2D eigenvalue weighted by Crippen LogP contribution is -2.30. The smallest absolute Gasteiger partial charge is 0.306 e. The number of rotatable bonds is 42. The minimum atomic E-state index is -0.758. The van der Waals surface area contributed by atoms with Crippen molar-refractivity contribution in [1.29, 1.82) is 0 Å². The molecule has 0 unspecified atom stereocenters. The van der Waals surface area contributed by atoms with Gasteiger partial charge < -0.3 is 14.2 Å². The molecule has 0 amide bonds. The van der Waals surface area contributed by atoms with Crippen molar-refractivity contribution < 1.29 is 28.6 Å². The van der Waals surface area contributed by atoms with Crippen LogP contribution < -0.4 is 0 Å². The maximum Gasteiger partial charge on any atom is 0.306 e. The van der Waals surface area contributed by atoms with Gasteiger partial charge in [0.1, 0.15) is 13.2 Å². The summed E-state index contributed by atoms with van der Waals surface area (Å²) < 4.78 is 16.7. The Hall–Kier alpha value is -1.59. The van der Waals surface area contributed by atoms with Gasteiger partial charge in [-0.1, -0.05) is 220 Å². The lowest BCUT2D eigenvalue weighted by Gasteiger charge is -2.18. The van der Waals surface area contributed by atoms with Gasteiger partial charge in [0.2, 0.25) is 0 Å². The quantitative estimate of drug-likeness (QED) is 0.0351. The van der Waals surface area contributed by atoms with Gasteiger partial charge >= 0.3 is 17.9 Å². The molecule has 314 valence electrons. The van der Waals surface area contributed by atoms with Crippen LogP contribution in [0.1, 0.15) is 259 Å². The summed E-state index contributed by atoms with van der Waals surface area (Å²) in [4.78, 5) is 37.7. The molecule has 0 bridgehead atoms. The van der Waals surface area contributed by atoms with Crippen molar-refractivity contribution in [1.82, 2.24) is 0 Å². The first kappa shape index (κ1) is 51.4. The van der Waals surface area contributed by atoms with Gasteiger partial charge in [-0.15, -0.1) is 0 Å². The lowest BCUT2D eigenvalue weighted by molar-refractivity contribution is -0.167. The third-order valence-corrected chi connectivity index (χ3v) is 10.5. The highest BCUT2D eigenvalue weighted by Gasteiger charge is 2.19. The second-order valence-corrected chi connectivity index (χ2v) is 16.5. The van der Waals surface area contributed by atoms with Crippen LogP contribution in [0.15, 0.2) is 0 Å². The molecule has 0 radical (unpaired) electrons. The van der Waals surface area contributed by atoms with E-state index in [-0.39, 0.29) is 31.1 Å². The molecule has 0 heterocycles. The molecular formula is C47H90O6. The largest absolute Gasteiger partial charge is 0.462 e. The number of carbonyl (C=O) groups is 3. The number of hydrogen-bond donors (Lipinski definition) is 0. The molecule has 0 saturated carbocycles. The lowest BCUT2D eigenvalue weighted by atomic mass is 10.0. The molecule has 53 heavy (non-hydrogen) atoms. The van der Waals surface area contributed by atoms with Crippen LogP contribution in [0.25, 0.3) is 0 Å². The average Bonchev–Trinajstić information content (AvgIpc) is 3.14. The Bertz CT molecular complexity index is 796. The molecule has 0 aliphatic rings. The Kier molecular flexibility index (Phi) is 40.3. The van der Waals surface area contributed by atoms with Crippen LogP contribution in [0.4, 0.5) is 0 Å². The number of ether oxygens (including phenoxy) is 3. The minimum absolute atomic E-state index is 0.0637. The van der Waals surface area contributed by atoms with Crippen LogP contribution in [0.2, 0.25) is 0 Å². The van der Waals surface area contributed by atoms with Crippen molar-refractivity contribution in [2.45, 2.75) is 265 Å². The number of hydrogen-bond acceptors (Lipinski definition) is 6. The molecule has 6 nitrogen and oxygen atoms in total. The van der Waals surface area contributed by atoms with Crippen LogP contribution in [-0.2, 0) is 28.6 Å². The van der Waals surface area contributed by atoms with Gasteiger partial charge in [-0.3, -0.25) is 14.4 Å². The first-order valence-electron chi connectivity index (χ1n) is 23.4. The standard InChI is InChI=1S/C47H90O6/c1-5-7-9-11-13-15-18-23-26-30-34-38-45(48)51-41-44(53-47(50)40-36-32-28-21-14-12-10-8-6-2)42-52-46(49)39-35-31-27-24-20-17-16-19-22-25-29-33-37-43(3)4/h43-44H,5-42H2,1-4H3/t44-/m1/s1. The van der Waals surface area contributed by atoms with Crippen molar-refractivity contribution >= 4 is 17.9 Å². The predicted octanol–water partition coefficient (Wildman–Crippen LogP) is 14.7. The van der Waals surface area contributed by atoms with Gasteiger partial charge in [-0.05, 0) is 25.2 Å². The van der Waals surface area contributed by atoms with E-state index in [2.05, 4.69) is 27.7 Å². The van der Waals surface area contributed by atoms with E-state index in [1.165, 1.54) is 154 Å². The van der Waals surface area contributed by atoms with Gasteiger partial charge in [0, 0.05) is 19.3 Å². The Labute approximate surface area is 329 Å². The monoisotopic (exact) mass is 751 g/mol. The summed E-state index contributed by atoms with van der Waals surface area (Å²) in [7, 11) is 0. The zero-order valence-electron chi connectivity index (χ0n) is 36.0. The molecule has 0 fully saturated rings. The molecule has 0 saturated heterocycles. The molecule has 1 atom stereocenters. The van der Waals surface area contributed by atoms with Gasteiger partial charge in [0.25, 0.3) is 0 Å². The average molecular weight is 751 g/mol. The molecule has 6 heteroatoms. The Balaban J connectivity index is 4.27. The highest BCUT2D eigenvalue weighted by atomic mass is 16.6. The number of esters is 3. The second kappa shape index (κ2) is 41.6.